The van der Waals surface area contributed by atoms with Crippen molar-refractivity contribution in [2.75, 3.05) is 25.5 Å². The number of Topliss-reactive ketones (excluding diaryl/α,β-unsaturated/α-hetero) is 1. The van der Waals surface area contributed by atoms with Crippen LogP contribution in [0.4, 0.5) is 15.3 Å². The highest BCUT2D eigenvalue weighted by Crippen LogP contribution is 2.40. The summed E-state index contributed by atoms with van der Waals surface area (Å²) in [5.41, 5.74) is 7.72. The van der Waals surface area contributed by atoms with Crippen LogP contribution in [0.1, 0.15) is 42.4 Å². The van der Waals surface area contributed by atoms with Gasteiger partial charge in [-0.15, -0.1) is 0 Å². The molecule has 8 rings (SSSR count). The van der Waals surface area contributed by atoms with Gasteiger partial charge in [0.25, 0.3) is 0 Å². The van der Waals surface area contributed by atoms with Crippen molar-refractivity contribution in [1.29, 1.82) is 0 Å². The van der Waals surface area contributed by atoms with E-state index >= 15 is 0 Å². The molecule has 2 aliphatic heterocycles. The number of benzene rings is 5. The number of likely N-dealkylation sites (tertiary alicyclic amines) is 2. The Bertz CT molecular complexity index is 2450. The Morgan fingerprint density at radius 2 is 1.29 bits per heavy atom. The minimum absolute atomic E-state index is 0.0281. The van der Waals surface area contributed by atoms with Crippen LogP contribution in [0.25, 0.3) is 33.3 Å². The van der Waals surface area contributed by atoms with E-state index in [0.717, 1.165) is 56.4 Å². The maximum Gasteiger partial charge on any atom is 0.410 e. The number of ketones is 1. The van der Waals surface area contributed by atoms with E-state index in [4.69, 9.17) is 14.2 Å². The first-order valence-corrected chi connectivity index (χ1v) is 20.0. The van der Waals surface area contributed by atoms with E-state index in [1.807, 2.05) is 127 Å². The lowest BCUT2D eigenvalue weighted by Crippen LogP contribution is -2.43. The summed E-state index contributed by atoms with van der Waals surface area (Å²) in [6.07, 6.45) is 1.79. The minimum Gasteiger partial charge on any atom is -0.497 e. The van der Waals surface area contributed by atoms with Crippen LogP contribution in [0.2, 0.25) is 0 Å². The van der Waals surface area contributed by atoms with Gasteiger partial charge in [-0.2, -0.15) is 0 Å². The molecule has 59 heavy (non-hydrogen) atoms. The number of carbonyl (C=O) groups excluding carboxylic acids is 4. The van der Waals surface area contributed by atoms with Gasteiger partial charge in [-0.3, -0.25) is 19.4 Å². The van der Waals surface area contributed by atoms with Gasteiger partial charge in [0, 0.05) is 41.7 Å². The molecule has 5 aromatic carbocycles. The number of nitrogens with zero attached hydrogens (tertiary/aromatic N) is 2. The summed E-state index contributed by atoms with van der Waals surface area (Å²) in [6, 6.07) is 39.2. The highest BCUT2D eigenvalue weighted by Gasteiger charge is 2.36. The number of amides is 3. The molecule has 2 aliphatic rings. The van der Waals surface area contributed by atoms with Crippen molar-refractivity contribution in [1.82, 2.24) is 14.8 Å². The number of hydrogen-bond acceptors (Lipinski definition) is 7. The zero-order valence-corrected chi connectivity index (χ0v) is 32.9. The first-order valence-electron chi connectivity index (χ1n) is 20.0. The van der Waals surface area contributed by atoms with E-state index in [2.05, 4.69) is 10.3 Å². The van der Waals surface area contributed by atoms with Gasteiger partial charge in [-0.05, 0) is 89.9 Å². The average molecular weight is 791 g/mol. The monoisotopic (exact) mass is 790 g/mol. The Morgan fingerprint density at radius 3 is 1.93 bits per heavy atom. The first-order chi connectivity index (χ1) is 28.8. The zero-order chi connectivity index (χ0) is 40.7. The highest BCUT2D eigenvalue weighted by molar-refractivity contribution is 6.05. The van der Waals surface area contributed by atoms with Gasteiger partial charge in [0.15, 0.2) is 5.78 Å². The third kappa shape index (κ3) is 8.84. The van der Waals surface area contributed by atoms with Gasteiger partial charge >= 0.3 is 12.2 Å². The minimum atomic E-state index is -0.627. The van der Waals surface area contributed by atoms with Crippen molar-refractivity contribution in [2.24, 2.45) is 0 Å². The molecule has 2 atom stereocenters. The van der Waals surface area contributed by atoms with Crippen LogP contribution in [0, 0.1) is 0 Å². The van der Waals surface area contributed by atoms with Crippen LogP contribution in [-0.4, -0.2) is 70.9 Å². The second-order valence-electron chi connectivity index (χ2n) is 15.0. The number of hydrogen-bond donors (Lipinski definition) is 2. The smallest absolute Gasteiger partial charge is 0.410 e. The number of aromatic nitrogens is 1. The molecule has 3 amide bonds. The number of aromatic amines is 1. The van der Waals surface area contributed by atoms with Crippen molar-refractivity contribution in [3.8, 4) is 28.1 Å². The van der Waals surface area contributed by atoms with E-state index in [0.29, 0.717) is 43.8 Å². The predicted molar refractivity (Wildman–Crippen MR) is 226 cm³/mol. The molecule has 300 valence electrons. The Kier molecular flexibility index (Phi) is 11.7. The fraction of sp³-hybridized carbons (Fsp3) is 0.250. The number of anilines is 1. The molecule has 2 N–H and O–H groups in total. The van der Waals surface area contributed by atoms with Crippen molar-refractivity contribution < 1.29 is 33.4 Å². The Hall–Kier alpha value is -6.88. The molecule has 2 saturated heterocycles. The second-order valence-corrected chi connectivity index (χ2v) is 15.0. The van der Waals surface area contributed by atoms with E-state index in [1.54, 1.807) is 12.0 Å². The summed E-state index contributed by atoms with van der Waals surface area (Å²) >= 11 is 0. The number of ether oxygens (including phenoxy) is 3. The van der Waals surface area contributed by atoms with Gasteiger partial charge in [-0.1, -0.05) is 91.0 Å². The van der Waals surface area contributed by atoms with E-state index in [-0.39, 0.29) is 31.3 Å². The molecule has 0 unspecified atom stereocenters. The van der Waals surface area contributed by atoms with Crippen LogP contribution >= 0.6 is 0 Å². The molecule has 0 saturated carbocycles. The third-order valence-electron chi connectivity index (χ3n) is 11.1. The molecule has 11 nitrogen and oxygen atoms in total. The first kappa shape index (κ1) is 39.0. The van der Waals surface area contributed by atoms with Gasteiger partial charge in [0.05, 0.1) is 18.8 Å². The van der Waals surface area contributed by atoms with Crippen LogP contribution < -0.4 is 10.1 Å². The van der Waals surface area contributed by atoms with E-state index in [9.17, 15) is 19.2 Å². The van der Waals surface area contributed by atoms with Crippen LogP contribution in [0.15, 0.2) is 127 Å². The van der Waals surface area contributed by atoms with Crippen molar-refractivity contribution in [3.05, 3.63) is 144 Å². The molecule has 0 spiro atoms. The fourth-order valence-electron chi connectivity index (χ4n) is 8.09. The van der Waals surface area contributed by atoms with Crippen LogP contribution in [0.5, 0.6) is 5.75 Å². The largest absolute Gasteiger partial charge is 0.497 e. The predicted octanol–water partition coefficient (Wildman–Crippen LogP) is 9.16. The van der Waals surface area contributed by atoms with Crippen molar-refractivity contribution in [3.63, 3.8) is 0 Å². The Morgan fingerprint density at radius 1 is 0.661 bits per heavy atom. The molecule has 6 aromatic rings. The van der Waals surface area contributed by atoms with Crippen molar-refractivity contribution in [2.45, 2.75) is 57.4 Å². The van der Waals surface area contributed by atoms with Gasteiger partial charge in [0.2, 0.25) is 5.91 Å². The lowest BCUT2D eigenvalue weighted by molar-refractivity contribution is -0.122. The van der Waals surface area contributed by atoms with Gasteiger partial charge in [0.1, 0.15) is 25.0 Å². The topological polar surface area (TPSA) is 130 Å². The van der Waals surface area contributed by atoms with Gasteiger partial charge in [-0.25, -0.2) is 9.59 Å². The number of nitrogens with one attached hydrogen (secondary N) is 2. The number of carbonyl (C=O) groups is 4. The summed E-state index contributed by atoms with van der Waals surface area (Å²) in [5.74, 6) is 0.415. The third-order valence-corrected chi connectivity index (χ3v) is 11.1. The maximum atomic E-state index is 13.8. The van der Waals surface area contributed by atoms with E-state index < -0.39 is 24.3 Å². The molecule has 11 heteroatoms. The number of methoxy groups -OCH3 is 1. The highest BCUT2D eigenvalue weighted by atomic mass is 16.6. The molecular weight excluding hydrogens is 745 g/mol. The number of fused-ring (bicyclic) bond motifs is 1. The summed E-state index contributed by atoms with van der Waals surface area (Å²) in [7, 11) is 1.63. The standard InChI is InChI=1S/C48H46N4O7/c1-57-38-16-8-15-36(29-38)44-39-27-34(28-43(53)41-17-9-25-51(41)47(55)58-30-32-11-4-2-5-12-32)19-24-40(39)50-45(44)35-20-22-37(23-21-35)49-46(54)42-18-10-26-52(42)48(56)59-31-33-13-6-3-7-14-33/h2-8,11-16,19-24,27,29,41-42,50H,9-10,17-18,25-26,28,30-31H2,1H3,(H,49,54)/t41-,42-/m0/s1. The average Bonchev–Trinajstić information content (AvgIpc) is 4.06. The molecule has 1 aromatic heterocycles. The lowest BCUT2D eigenvalue weighted by Gasteiger charge is -2.23. The molecule has 3 heterocycles. The molecule has 0 aliphatic carbocycles. The number of H-pyrrole nitrogens is 1. The maximum absolute atomic E-state index is 13.8. The summed E-state index contributed by atoms with van der Waals surface area (Å²) < 4.78 is 16.7. The fourth-order valence-corrected chi connectivity index (χ4v) is 8.09. The Labute approximate surface area is 342 Å². The number of rotatable bonds is 12. The van der Waals surface area contributed by atoms with E-state index in [1.165, 1.54) is 4.90 Å². The summed E-state index contributed by atoms with van der Waals surface area (Å²) in [6.45, 7) is 1.23. The zero-order valence-electron chi connectivity index (χ0n) is 32.9. The van der Waals surface area contributed by atoms with Crippen LogP contribution in [-0.2, 0) is 38.7 Å². The molecule has 2 fully saturated rings. The normalized spacial score (nSPS) is 16.2. The summed E-state index contributed by atoms with van der Waals surface area (Å²) in [5, 5.41) is 3.94. The lowest BCUT2D eigenvalue weighted by atomic mass is 9.95. The molecule has 0 radical (unpaired) electrons. The molecule has 0 bridgehead atoms. The second kappa shape index (κ2) is 17.7. The van der Waals surface area contributed by atoms with Gasteiger partial charge < -0.3 is 24.5 Å². The Balaban J connectivity index is 0.993. The summed E-state index contributed by atoms with van der Waals surface area (Å²) in [4.78, 5) is 60.0. The quantitative estimate of drug-likeness (QED) is 0.126. The SMILES string of the molecule is COc1cccc(-c2c(-c3ccc(NC(=O)[C@@H]4CCCN4C(=O)OCc4ccccc4)cc3)[nH]c3ccc(CC(=O)[C@@H]4CCCN4C(=O)OCc4ccccc4)cc23)c1. The van der Waals surface area contributed by atoms with Crippen LogP contribution in [0.3, 0.4) is 0 Å². The van der Waals surface area contributed by atoms with Crippen molar-refractivity contribution >= 4 is 40.5 Å². The molecular formula is C48H46N4O7.